The molecule has 0 N–H and O–H groups in total. The van der Waals surface area contributed by atoms with E-state index >= 15 is 0 Å². The fourth-order valence-electron chi connectivity index (χ4n) is 1.89. The van der Waals surface area contributed by atoms with Gasteiger partial charge in [0, 0.05) is 22.2 Å². The molecule has 0 aliphatic heterocycles. The van der Waals surface area contributed by atoms with Gasteiger partial charge >= 0.3 is 0 Å². The van der Waals surface area contributed by atoms with Gasteiger partial charge in [0.05, 0.1) is 5.56 Å². The van der Waals surface area contributed by atoms with E-state index in [0.717, 1.165) is 0 Å². The highest BCUT2D eigenvalue weighted by molar-refractivity contribution is 5.74. The molecule has 0 aromatic carbocycles. The summed E-state index contributed by atoms with van der Waals surface area (Å²) in [6, 6.07) is 8.01. The van der Waals surface area contributed by atoms with Crippen LogP contribution < -0.4 is 0 Å². The molecule has 0 amide bonds. The third-order valence-electron chi connectivity index (χ3n) is 3.51. The van der Waals surface area contributed by atoms with E-state index in [-0.39, 0.29) is 22.0 Å². The molecule has 2 aromatic heterocycles. The zero-order chi connectivity index (χ0) is 20.1. The molecule has 2 aromatic rings. The van der Waals surface area contributed by atoms with Crippen LogP contribution in [0.25, 0.3) is 0 Å². The number of pyridine rings is 2. The lowest BCUT2D eigenvalue weighted by molar-refractivity contribution is 0.111. The Morgan fingerprint density at radius 2 is 1.35 bits per heavy atom. The Bertz CT molecular complexity index is 828. The number of carbonyl (C=O) groups is 1. The Kier molecular flexibility index (Phi) is 6.68. The first-order valence-electron chi connectivity index (χ1n) is 8.09. The van der Waals surface area contributed by atoms with Gasteiger partial charge in [0.25, 0.3) is 0 Å². The number of halogens is 2. The molecule has 0 saturated carbocycles. The highest BCUT2D eigenvalue weighted by Gasteiger charge is 2.17. The van der Waals surface area contributed by atoms with Crippen LogP contribution in [0.4, 0.5) is 8.78 Å². The van der Waals surface area contributed by atoms with Crippen molar-refractivity contribution in [1.29, 1.82) is 5.26 Å². The van der Waals surface area contributed by atoms with Gasteiger partial charge in [-0.3, -0.25) is 4.79 Å². The number of aldehydes is 1. The molecule has 0 spiro atoms. The number of carbonyl (C=O) groups excluding carboxylic acids is 1. The van der Waals surface area contributed by atoms with Gasteiger partial charge in [0.1, 0.15) is 11.6 Å². The first-order chi connectivity index (χ1) is 11.9. The van der Waals surface area contributed by atoms with Gasteiger partial charge in [-0.1, -0.05) is 41.5 Å². The molecular formula is C20H23F2N3O. The van der Waals surface area contributed by atoms with Crippen LogP contribution in [0.3, 0.4) is 0 Å². The SMILES string of the molecule is CC(C)(C)c1ccc(C#N)c(F)n1.CC(C)(C)c1ccc(C=O)c(F)n1. The Balaban J connectivity index is 0.000000260. The van der Waals surface area contributed by atoms with E-state index in [0.29, 0.717) is 17.7 Å². The zero-order valence-electron chi connectivity index (χ0n) is 15.9. The van der Waals surface area contributed by atoms with Gasteiger partial charge in [-0.05, 0) is 24.3 Å². The predicted octanol–water partition coefficient (Wildman–Crippen LogP) is 4.72. The Morgan fingerprint density at radius 3 is 1.69 bits per heavy atom. The molecule has 2 heterocycles. The van der Waals surface area contributed by atoms with Crippen molar-refractivity contribution >= 4 is 6.29 Å². The van der Waals surface area contributed by atoms with Gasteiger partial charge in [-0.2, -0.15) is 14.0 Å². The van der Waals surface area contributed by atoms with Crippen LogP contribution in [-0.2, 0) is 10.8 Å². The maximum absolute atomic E-state index is 13.0. The van der Waals surface area contributed by atoms with Crippen molar-refractivity contribution in [1.82, 2.24) is 9.97 Å². The Morgan fingerprint density at radius 1 is 0.885 bits per heavy atom. The summed E-state index contributed by atoms with van der Waals surface area (Å²) in [4.78, 5) is 17.8. The van der Waals surface area contributed by atoms with Gasteiger partial charge in [0.15, 0.2) is 6.29 Å². The first kappa shape index (κ1) is 21.4. The molecular weight excluding hydrogens is 336 g/mol. The minimum Gasteiger partial charge on any atom is -0.298 e. The van der Waals surface area contributed by atoms with E-state index in [1.165, 1.54) is 12.1 Å². The largest absolute Gasteiger partial charge is 0.298 e. The minimum atomic E-state index is -0.692. The summed E-state index contributed by atoms with van der Waals surface area (Å²) in [5.74, 6) is -1.38. The summed E-state index contributed by atoms with van der Waals surface area (Å²) in [6.07, 6.45) is 0.467. The molecule has 0 radical (unpaired) electrons. The van der Waals surface area contributed by atoms with E-state index in [1.807, 2.05) is 41.5 Å². The fourth-order valence-corrected chi connectivity index (χ4v) is 1.89. The maximum atomic E-state index is 13.0. The number of rotatable bonds is 1. The van der Waals surface area contributed by atoms with Crippen LogP contribution in [0.2, 0.25) is 0 Å². The third kappa shape index (κ3) is 5.69. The lowest BCUT2D eigenvalue weighted by Crippen LogP contribution is -2.14. The minimum absolute atomic E-state index is 0.00648. The van der Waals surface area contributed by atoms with E-state index in [4.69, 9.17) is 5.26 Å². The smallest absolute Gasteiger partial charge is 0.231 e. The van der Waals surface area contributed by atoms with E-state index in [1.54, 1.807) is 18.2 Å². The molecule has 4 nitrogen and oxygen atoms in total. The van der Waals surface area contributed by atoms with Gasteiger partial charge in [-0.25, -0.2) is 9.97 Å². The van der Waals surface area contributed by atoms with Crippen LogP contribution in [0.15, 0.2) is 24.3 Å². The molecule has 0 bridgehead atoms. The van der Waals surface area contributed by atoms with Crippen molar-refractivity contribution in [3.05, 3.63) is 58.7 Å². The average Bonchev–Trinajstić information content (AvgIpc) is 2.53. The number of aromatic nitrogens is 2. The van der Waals surface area contributed by atoms with Crippen molar-refractivity contribution in [2.24, 2.45) is 0 Å². The molecule has 0 atom stereocenters. The summed E-state index contributed by atoms with van der Waals surface area (Å²) < 4.78 is 26.1. The lowest BCUT2D eigenvalue weighted by atomic mass is 9.91. The summed E-state index contributed by atoms with van der Waals surface area (Å²) in [5.41, 5.74) is 0.928. The monoisotopic (exact) mass is 359 g/mol. The molecule has 0 unspecified atom stereocenters. The van der Waals surface area contributed by atoms with Crippen LogP contribution in [0.5, 0.6) is 0 Å². The Hall–Kier alpha value is -2.68. The molecule has 2 rings (SSSR count). The molecule has 138 valence electrons. The van der Waals surface area contributed by atoms with Crippen molar-refractivity contribution in [2.45, 2.75) is 52.4 Å². The van der Waals surface area contributed by atoms with Gasteiger partial charge in [-0.15, -0.1) is 0 Å². The van der Waals surface area contributed by atoms with Gasteiger partial charge in [0.2, 0.25) is 11.9 Å². The second-order valence-electron chi connectivity index (χ2n) is 7.84. The summed E-state index contributed by atoms with van der Waals surface area (Å²) in [7, 11) is 0. The van der Waals surface area contributed by atoms with Crippen molar-refractivity contribution < 1.29 is 13.6 Å². The molecule has 0 fully saturated rings. The third-order valence-corrected chi connectivity index (χ3v) is 3.51. The van der Waals surface area contributed by atoms with Crippen molar-refractivity contribution in [3.8, 4) is 6.07 Å². The summed E-state index contributed by atoms with van der Waals surface area (Å²) in [5, 5.41) is 8.48. The molecule has 0 aliphatic rings. The van der Waals surface area contributed by atoms with E-state index in [2.05, 4.69) is 9.97 Å². The normalized spacial score (nSPS) is 11.2. The quantitative estimate of drug-likeness (QED) is 0.546. The fraction of sp³-hybridized carbons (Fsp3) is 0.400. The Labute approximate surface area is 152 Å². The average molecular weight is 359 g/mol. The van der Waals surface area contributed by atoms with Crippen LogP contribution in [0.1, 0.15) is 68.9 Å². The lowest BCUT2D eigenvalue weighted by Gasteiger charge is -2.17. The van der Waals surface area contributed by atoms with E-state index < -0.39 is 11.9 Å². The highest BCUT2D eigenvalue weighted by atomic mass is 19.1. The zero-order valence-corrected chi connectivity index (χ0v) is 15.9. The molecule has 6 heteroatoms. The first-order valence-corrected chi connectivity index (χ1v) is 8.09. The number of nitrogens with zero attached hydrogens (tertiary/aromatic N) is 3. The van der Waals surface area contributed by atoms with Crippen LogP contribution >= 0.6 is 0 Å². The standard InChI is InChI=1S/C10H11FN2.C10H12FNO/c1-10(2,3)8-5-4-7(6-12)9(11)13-8;1-10(2,3)8-5-4-7(6-13)9(11)12-8/h4-5H,1-3H3;4-6H,1-3H3. The van der Waals surface area contributed by atoms with Crippen LogP contribution in [-0.4, -0.2) is 16.3 Å². The molecule has 0 saturated heterocycles. The van der Waals surface area contributed by atoms with E-state index in [9.17, 15) is 13.6 Å². The van der Waals surface area contributed by atoms with Gasteiger partial charge < -0.3 is 0 Å². The second kappa shape index (κ2) is 8.13. The highest BCUT2D eigenvalue weighted by Crippen LogP contribution is 2.21. The van der Waals surface area contributed by atoms with Crippen molar-refractivity contribution in [3.63, 3.8) is 0 Å². The number of nitriles is 1. The topological polar surface area (TPSA) is 66.6 Å². The maximum Gasteiger partial charge on any atom is 0.231 e. The second-order valence-corrected chi connectivity index (χ2v) is 7.84. The summed E-state index contributed by atoms with van der Waals surface area (Å²) in [6.45, 7) is 11.7. The predicted molar refractivity (Wildman–Crippen MR) is 95.9 cm³/mol. The molecule has 0 aliphatic carbocycles. The number of hydrogen-bond donors (Lipinski definition) is 0. The van der Waals surface area contributed by atoms with Crippen molar-refractivity contribution in [2.75, 3.05) is 0 Å². The number of hydrogen-bond acceptors (Lipinski definition) is 4. The molecule has 26 heavy (non-hydrogen) atoms. The van der Waals surface area contributed by atoms with Crippen LogP contribution in [0, 0.1) is 23.2 Å². The summed E-state index contributed by atoms with van der Waals surface area (Å²) >= 11 is 0.